The molecule has 6 nitrogen and oxygen atoms in total. The monoisotopic (exact) mass is 264 g/mol. The Kier molecular flexibility index (Phi) is 4.21. The molecule has 2 aromatic rings. The summed E-state index contributed by atoms with van der Waals surface area (Å²) in [6, 6.07) is 4.06. The zero-order chi connectivity index (χ0) is 13.8. The summed E-state index contributed by atoms with van der Waals surface area (Å²) >= 11 is 0. The minimum absolute atomic E-state index is 0.0909. The summed E-state index contributed by atoms with van der Waals surface area (Å²) in [6.45, 7) is 4.91. The Balaban J connectivity index is 2.49. The van der Waals surface area contributed by atoms with Crippen molar-refractivity contribution in [1.29, 1.82) is 0 Å². The smallest absolute Gasteiger partial charge is 0.160 e. The van der Waals surface area contributed by atoms with Crippen molar-refractivity contribution >= 4 is 22.4 Å². The van der Waals surface area contributed by atoms with Crippen LogP contribution in [0.15, 0.2) is 16.8 Å². The van der Waals surface area contributed by atoms with Gasteiger partial charge in [-0.05, 0) is 35.3 Å². The van der Waals surface area contributed by atoms with E-state index in [9.17, 15) is 5.11 Å². The fourth-order valence-corrected chi connectivity index (χ4v) is 2.44. The van der Waals surface area contributed by atoms with Gasteiger partial charge >= 0.3 is 0 Å². The van der Waals surface area contributed by atoms with E-state index < -0.39 is 0 Å². The molecule has 0 aliphatic carbocycles. The highest BCUT2D eigenvalue weighted by atomic mass is 16.6. The largest absolute Gasteiger partial charge is 0.397 e. The molecule has 6 heteroatoms. The van der Waals surface area contributed by atoms with Crippen LogP contribution in [0.25, 0.3) is 11.0 Å². The molecule has 104 valence electrons. The van der Waals surface area contributed by atoms with Gasteiger partial charge in [0, 0.05) is 12.6 Å². The molecule has 0 bridgehead atoms. The highest BCUT2D eigenvalue weighted by molar-refractivity contribution is 5.95. The second-order valence-corrected chi connectivity index (χ2v) is 4.52. The van der Waals surface area contributed by atoms with Gasteiger partial charge in [0.05, 0.1) is 18.0 Å². The molecule has 0 atom stereocenters. The van der Waals surface area contributed by atoms with Crippen LogP contribution in [-0.4, -0.2) is 34.6 Å². The van der Waals surface area contributed by atoms with Gasteiger partial charge in [0.15, 0.2) is 11.0 Å². The van der Waals surface area contributed by atoms with Crippen molar-refractivity contribution < 1.29 is 9.74 Å². The maximum Gasteiger partial charge on any atom is 0.160 e. The van der Waals surface area contributed by atoms with Gasteiger partial charge in [0.2, 0.25) is 0 Å². The van der Waals surface area contributed by atoms with Crippen LogP contribution in [0.2, 0.25) is 0 Å². The summed E-state index contributed by atoms with van der Waals surface area (Å²) < 4.78 is 4.79. The Morgan fingerprint density at radius 1 is 1.26 bits per heavy atom. The molecule has 3 N–H and O–H groups in total. The molecule has 1 heterocycles. The van der Waals surface area contributed by atoms with Crippen molar-refractivity contribution in [2.24, 2.45) is 0 Å². The van der Waals surface area contributed by atoms with Crippen molar-refractivity contribution in [3.63, 3.8) is 0 Å². The topological polar surface area (TPSA) is 88.4 Å². The lowest BCUT2D eigenvalue weighted by Crippen LogP contribution is -2.37. The number of nitrogens with zero attached hydrogens (tertiary/aromatic N) is 3. The Morgan fingerprint density at radius 3 is 2.58 bits per heavy atom. The zero-order valence-corrected chi connectivity index (χ0v) is 11.3. The molecule has 0 unspecified atom stereocenters. The summed E-state index contributed by atoms with van der Waals surface area (Å²) in [4.78, 5) is 2.14. The third kappa shape index (κ3) is 2.49. The predicted octanol–water partition coefficient (Wildman–Crippen LogP) is 1.79. The lowest BCUT2D eigenvalue weighted by molar-refractivity contribution is 0.295. The molecule has 1 aromatic carbocycles. The number of aliphatic hydroxyl groups is 1. The number of nitrogens with two attached hydrogens (primary N) is 1. The first-order valence-electron chi connectivity index (χ1n) is 6.61. The lowest BCUT2D eigenvalue weighted by Gasteiger charge is -2.32. The number of benzene rings is 1. The fourth-order valence-electron chi connectivity index (χ4n) is 2.44. The van der Waals surface area contributed by atoms with Gasteiger partial charge in [-0.25, -0.2) is 4.63 Å². The number of rotatable bonds is 6. The summed E-state index contributed by atoms with van der Waals surface area (Å²) in [5.74, 6) is 0. The van der Waals surface area contributed by atoms with E-state index in [2.05, 4.69) is 29.1 Å². The first kappa shape index (κ1) is 13.6. The maximum atomic E-state index is 9.29. The van der Waals surface area contributed by atoms with Crippen molar-refractivity contribution in [3.8, 4) is 0 Å². The molecule has 1 aromatic heterocycles. The van der Waals surface area contributed by atoms with Gasteiger partial charge in [-0.3, -0.25) is 0 Å². The Bertz CT molecular complexity index is 536. The van der Waals surface area contributed by atoms with Crippen LogP contribution < -0.4 is 10.6 Å². The number of hydrogen-bond acceptors (Lipinski definition) is 6. The second kappa shape index (κ2) is 5.88. The quantitative estimate of drug-likeness (QED) is 0.773. The van der Waals surface area contributed by atoms with E-state index in [0.29, 0.717) is 29.3 Å². The number of aliphatic hydroxyl groups excluding tert-OH is 1. The lowest BCUT2D eigenvalue weighted by atomic mass is 10.1. The van der Waals surface area contributed by atoms with E-state index in [1.165, 1.54) is 0 Å². The van der Waals surface area contributed by atoms with Gasteiger partial charge < -0.3 is 15.7 Å². The summed E-state index contributed by atoms with van der Waals surface area (Å²) in [7, 11) is 0. The van der Waals surface area contributed by atoms with E-state index in [1.807, 2.05) is 6.07 Å². The highest BCUT2D eigenvalue weighted by Gasteiger charge is 2.20. The molecule has 0 amide bonds. The molecule has 19 heavy (non-hydrogen) atoms. The van der Waals surface area contributed by atoms with E-state index in [4.69, 9.17) is 10.4 Å². The zero-order valence-electron chi connectivity index (χ0n) is 11.3. The van der Waals surface area contributed by atoms with E-state index in [0.717, 1.165) is 18.5 Å². The van der Waals surface area contributed by atoms with Crippen LogP contribution in [0, 0.1) is 0 Å². The van der Waals surface area contributed by atoms with Crippen molar-refractivity contribution in [3.05, 3.63) is 12.1 Å². The minimum Gasteiger partial charge on any atom is -0.397 e. The van der Waals surface area contributed by atoms with Gasteiger partial charge in [-0.2, -0.15) is 0 Å². The van der Waals surface area contributed by atoms with E-state index in [-0.39, 0.29) is 6.61 Å². The molecule has 0 spiro atoms. The average molecular weight is 264 g/mol. The van der Waals surface area contributed by atoms with Gasteiger partial charge in [-0.1, -0.05) is 13.8 Å². The van der Waals surface area contributed by atoms with Crippen molar-refractivity contribution in [2.75, 3.05) is 23.8 Å². The molecule has 0 aliphatic heterocycles. The summed E-state index contributed by atoms with van der Waals surface area (Å²) in [6.07, 6.45) is 1.99. The summed E-state index contributed by atoms with van der Waals surface area (Å²) in [5.41, 5.74) is 8.54. The molecular formula is C13H20N4O2. The molecule has 0 fully saturated rings. The third-order valence-corrected chi connectivity index (χ3v) is 3.46. The molecule has 0 radical (unpaired) electrons. The molecule has 0 aliphatic rings. The van der Waals surface area contributed by atoms with Crippen LogP contribution in [0.5, 0.6) is 0 Å². The van der Waals surface area contributed by atoms with Crippen LogP contribution in [0.4, 0.5) is 11.4 Å². The van der Waals surface area contributed by atoms with Crippen molar-refractivity contribution in [1.82, 2.24) is 10.3 Å². The average Bonchev–Trinajstić information content (AvgIpc) is 2.90. The van der Waals surface area contributed by atoms with Gasteiger partial charge in [0.25, 0.3) is 0 Å². The third-order valence-electron chi connectivity index (χ3n) is 3.46. The summed E-state index contributed by atoms with van der Waals surface area (Å²) in [5, 5.41) is 17.1. The molecule has 0 saturated heterocycles. The van der Waals surface area contributed by atoms with Gasteiger partial charge in [0.1, 0.15) is 0 Å². The first-order chi connectivity index (χ1) is 9.22. The molecular weight excluding hydrogens is 244 g/mol. The van der Waals surface area contributed by atoms with Gasteiger partial charge in [-0.15, -0.1) is 0 Å². The molecule has 0 saturated carbocycles. The first-order valence-corrected chi connectivity index (χ1v) is 6.61. The second-order valence-electron chi connectivity index (χ2n) is 4.52. The van der Waals surface area contributed by atoms with Crippen LogP contribution >= 0.6 is 0 Å². The fraction of sp³-hybridized carbons (Fsp3) is 0.538. The SMILES string of the molecule is CCC(CC)N(CCO)c1ccc(N)c2nonc12. The van der Waals surface area contributed by atoms with Crippen LogP contribution in [0.3, 0.4) is 0 Å². The highest BCUT2D eigenvalue weighted by Crippen LogP contribution is 2.30. The number of aromatic nitrogens is 2. The minimum atomic E-state index is 0.0909. The molecule has 2 rings (SSSR count). The maximum absolute atomic E-state index is 9.29. The van der Waals surface area contributed by atoms with E-state index >= 15 is 0 Å². The Morgan fingerprint density at radius 2 is 1.95 bits per heavy atom. The number of anilines is 2. The standard InChI is InChI=1S/C13H20N4O2/c1-3-9(4-2)17(7-8-18)11-6-5-10(14)12-13(11)16-19-15-12/h5-6,9,18H,3-4,7-8,14H2,1-2H3. The number of nitrogen functional groups attached to an aromatic ring is 1. The Labute approximate surface area is 112 Å². The van der Waals surface area contributed by atoms with Crippen molar-refractivity contribution in [2.45, 2.75) is 32.7 Å². The van der Waals surface area contributed by atoms with E-state index in [1.54, 1.807) is 6.07 Å². The van der Waals surface area contributed by atoms with Crippen LogP contribution in [-0.2, 0) is 0 Å². The Hall–Kier alpha value is -1.82. The number of fused-ring (bicyclic) bond motifs is 1. The predicted molar refractivity (Wildman–Crippen MR) is 75.0 cm³/mol. The van der Waals surface area contributed by atoms with Crippen LogP contribution in [0.1, 0.15) is 26.7 Å². The normalized spacial score (nSPS) is 11.4. The number of hydrogen-bond donors (Lipinski definition) is 2.